The Bertz CT molecular complexity index is 562. The van der Waals surface area contributed by atoms with Gasteiger partial charge in [0.25, 0.3) is 11.8 Å². The van der Waals surface area contributed by atoms with Gasteiger partial charge in [0.1, 0.15) is 0 Å². The lowest BCUT2D eigenvalue weighted by Crippen LogP contribution is -2.41. The van der Waals surface area contributed by atoms with Gasteiger partial charge in [-0.2, -0.15) is 0 Å². The van der Waals surface area contributed by atoms with Crippen LogP contribution in [0.25, 0.3) is 0 Å². The quantitative estimate of drug-likeness (QED) is 0.880. The Hall–Kier alpha value is -2.21. The van der Waals surface area contributed by atoms with Crippen LogP contribution in [0.4, 0.5) is 0 Å². The minimum atomic E-state index is -0.642. The van der Waals surface area contributed by atoms with Crippen molar-refractivity contribution in [1.82, 2.24) is 10.2 Å². The zero-order chi connectivity index (χ0) is 16.8. The number of nitrogens with zero attached hydrogens (tertiary/aromatic N) is 1. The van der Waals surface area contributed by atoms with Crippen molar-refractivity contribution >= 4 is 18.1 Å². The van der Waals surface area contributed by atoms with Crippen LogP contribution >= 0.6 is 0 Å². The van der Waals surface area contributed by atoms with Gasteiger partial charge >= 0.3 is 0 Å². The molecule has 0 aromatic heterocycles. The van der Waals surface area contributed by atoms with Crippen LogP contribution in [-0.2, 0) is 9.53 Å². The first-order chi connectivity index (χ1) is 11.0. The van der Waals surface area contributed by atoms with Crippen molar-refractivity contribution in [2.24, 2.45) is 5.92 Å². The number of morpholine rings is 1. The van der Waals surface area contributed by atoms with Crippen LogP contribution in [0.2, 0.25) is 0 Å². The highest BCUT2D eigenvalue weighted by atomic mass is 16.5. The van der Waals surface area contributed by atoms with Crippen LogP contribution in [0.5, 0.6) is 0 Å². The van der Waals surface area contributed by atoms with Gasteiger partial charge in [-0.3, -0.25) is 14.4 Å². The fourth-order valence-corrected chi connectivity index (χ4v) is 2.27. The highest BCUT2D eigenvalue weighted by Gasteiger charge is 2.20. The average molecular weight is 317 g/mol. The van der Waals surface area contributed by atoms with Crippen LogP contribution in [-0.4, -0.2) is 55.3 Å². The molecule has 1 atom stereocenters. The normalized spacial score (nSPS) is 16.0. The molecule has 23 heavy (non-hydrogen) atoms. The minimum Gasteiger partial charge on any atom is -0.378 e. The molecule has 1 fully saturated rings. The molecule has 6 nitrogen and oxygen atoms in total. The Kier molecular flexibility index (Phi) is 5.87. The van der Waals surface area contributed by atoms with Gasteiger partial charge in [-0.05, 0) is 30.2 Å². The first-order valence-electron chi connectivity index (χ1n) is 7.68. The SMILES string of the molecule is CC(C)[C@@H]([C]=O)NC(=O)c1ccc(C(=O)N2CCOCC2)cc1. The molecule has 1 aromatic carbocycles. The summed E-state index contributed by atoms with van der Waals surface area (Å²) in [6.07, 6.45) is 1.82. The monoisotopic (exact) mass is 317 g/mol. The fourth-order valence-electron chi connectivity index (χ4n) is 2.27. The predicted octanol–water partition coefficient (Wildman–Crippen LogP) is 1.02. The van der Waals surface area contributed by atoms with Crippen LogP contribution in [0.15, 0.2) is 24.3 Å². The van der Waals surface area contributed by atoms with Gasteiger partial charge in [0.05, 0.1) is 19.3 Å². The number of benzene rings is 1. The standard InChI is InChI=1S/C17H21N2O4/c1-12(2)15(11-20)18-16(21)13-3-5-14(6-4-13)17(22)19-7-9-23-10-8-19/h3-6,12,15H,7-10H2,1-2H3,(H,18,21)/t15-/m1/s1. The minimum absolute atomic E-state index is 0.0291. The van der Waals surface area contributed by atoms with E-state index in [1.807, 2.05) is 20.1 Å². The smallest absolute Gasteiger partial charge is 0.254 e. The van der Waals surface area contributed by atoms with E-state index in [4.69, 9.17) is 4.74 Å². The zero-order valence-corrected chi connectivity index (χ0v) is 13.4. The van der Waals surface area contributed by atoms with E-state index in [2.05, 4.69) is 5.32 Å². The summed E-state index contributed by atoms with van der Waals surface area (Å²) in [7, 11) is 0. The van der Waals surface area contributed by atoms with E-state index in [1.54, 1.807) is 29.2 Å². The van der Waals surface area contributed by atoms with Crippen molar-refractivity contribution in [2.45, 2.75) is 19.9 Å². The summed E-state index contributed by atoms with van der Waals surface area (Å²) < 4.78 is 5.22. The number of carbonyl (C=O) groups is 2. The van der Waals surface area contributed by atoms with E-state index in [0.29, 0.717) is 37.4 Å². The number of rotatable bonds is 5. The second-order valence-corrected chi connectivity index (χ2v) is 5.79. The highest BCUT2D eigenvalue weighted by Crippen LogP contribution is 2.10. The predicted molar refractivity (Wildman–Crippen MR) is 85.0 cm³/mol. The fraction of sp³-hybridized carbons (Fsp3) is 0.471. The van der Waals surface area contributed by atoms with Crippen LogP contribution < -0.4 is 5.32 Å². The zero-order valence-electron chi connectivity index (χ0n) is 13.4. The second kappa shape index (κ2) is 7.87. The molecule has 123 valence electrons. The number of carbonyl (C=O) groups excluding carboxylic acids is 3. The lowest BCUT2D eigenvalue weighted by atomic mass is 10.0. The molecule has 2 amide bonds. The van der Waals surface area contributed by atoms with E-state index < -0.39 is 6.04 Å². The first kappa shape index (κ1) is 17.1. The van der Waals surface area contributed by atoms with Gasteiger partial charge in [0, 0.05) is 24.2 Å². The van der Waals surface area contributed by atoms with Crippen molar-refractivity contribution in [2.75, 3.05) is 26.3 Å². The van der Waals surface area contributed by atoms with Gasteiger partial charge in [0.2, 0.25) is 6.29 Å². The molecule has 0 unspecified atom stereocenters. The summed E-state index contributed by atoms with van der Waals surface area (Å²) in [5, 5.41) is 2.62. The lowest BCUT2D eigenvalue weighted by Gasteiger charge is -2.26. The molecule has 1 heterocycles. The van der Waals surface area contributed by atoms with E-state index in [0.717, 1.165) is 0 Å². The van der Waals surface area contributed by atoms with Crippen LogP contribution in [0.1, 0.15) is 34.6 Å². The van der Waals surface area contributed by atoms with Gasteiger partial charge in [0.15, 0.2) is 0 Å². The molecule has 1 aliphatic heterocycles. The molecule has 0 spiro atoms. The molecule has 1 radical (unpaired) electrons. The topological polar surface area (TPSA) is 75.7 Å². The molecule has 0 bridgehead atoms. The molecular weight excluding hydrogens is 296 g/mol. The van der Waals surface area contributed by atoms with E-state index in [9.17, 15) is 14.4 Å². The number of ether oxygens (including phenoxy) is 1. The molecule has 1 aromatic rings. The molecule has 1 aliphatic rings. The third-order valence-electron chi connectivity index (χ3n) is 3.77. The number of amides is 2. The third kappa shape index (κ3) is 4.39. The van der Waals surface area contributed by atoms with E-state index >= 15 is 0 Å². The second-order valence-electron chi connectivity index (χ2n) is 5.79. The molecule has 0 aliphatic carbocycles. The maximum Gasteiger partial charge on any atom is 0.254 e. The number of hydrogen-bond acceptors (Lipinski definition) is 4. The van der Waals surface area contributed by atoms with Gasteiger partial charge in [-0.15, -0.1) is 0 Å². The maximum absolute atomic E-state index is 12.3. The summed E-state index contributed by atoms with van der Waals surface area (Å²) >= 11 is 0. The summed E-state index contributed by atoms with van der Waals surface area (Å²) in [5.41, 5.74) is 0.940. The molecule has 1 saturated heterocycles. The van der Waals surface area contributed by atoms with Crippen molar-refractivity contribution in [3.05, 3.63) is 35.4 Å². The van der Waals surface area contributed by atoms with Crippen molar-refractivity contribution in [3.63, 3.8) is 0 Å². The molecule has 1 N–H and O–H groups in total. The van der Waals surface area contributed by atoms with Crippen LogP contribution in [0, 0.1) is 5.92 Å². The summed E-state index contributed by atoms with van der Waals surface area (Å²) in [6, 6.07) is 5.79. The Morgan fingerprint density at radius 1 is 1.13 bits per heavy atom. The van der Waals surface area contributed by atoms with Crippen molar-refractivity contribution in [1.29, 1.82) is 0 Å². The van der Waals surface area contributed by atoms with E-state index in [1.165, 1.54) is 0 Å². The Balaban J connectivity index is 2.02. The molecule has 0 saturated carbocycles. The Morgan fingerprint density at radius 3 is 2.22 bits per heavy atom. The van der Waals surface area contributed by atoms with Crippen LogP contribution in [0.3, 0.4) is 0 Å². The number of hydrogen-bond donors (Lipinski definition) is 1. The summed E-state index contributed by atoms with van der Waals surface area (Å²) in [6.45, 7) is 5.91. The largest absolute Gasteiger partial charge is 0.378 e. The van der Waals surface area contributed by atoms with Crippen molar-refractivity contribution in [3.8, 4) is 0 Å². The van der Waals surface area contributed by atoms with Crippen molar-refractivity contribution < 1.29 is 19.1 Å². The third-order valence-corrected chi connectivity index (χ3v) is 3.77. The molecule has 2 rings (SSSR count). The Morgan fingerprint density at radius 2 is 1.70 bits per heavy atom. The molecular formula is C17H21N2O4. The highest BCUT2D eigenvalue weighted by molar-refractivity contribution is 5.98. The Labute approximate surface area is 135 Å². The summed E-state index contributed by atoms with van der Waals surface area (Å²) in [5.74, 6) is -0.447. The first-order valence-corrected chi connectivity index (χ1v) is 7.68. The van der Waals surface area contributed by atoms with Gasteiger partial charge in [-0.25, -0.2) is 0 Å². The average Bonchev–Trinajstić information content (AvgIpc) is 2.59. The van der Waals surface area contributed by atoms with Gasteiger partial charge < -0.3 is 15.0 Å². The maximum atomic E-state index is 12.3. The van der Waals surface area contributed by atoms with E-state index in [-0.39, 0.29) is 17.7 Å². The summed E-state index contributed by atoms with van der Waals surface area (Å²) in [4.78, 5) is 37.0. The molecule has 6 heteroatoms. The van der Waals surface area contributed by atoms with Gasteiger partial charge in [-0.1, -0.05) is 13.8 Å². The lowest BCUT2D eigenvalue weighted by molar-refractivity contribution is 0.0303. The number of nitrogens with one attached hydrogen (secondary N) is 1.